The van der Waals surface area contributed by atoms with Gasteiger partial charge >= 0.3 is 0 Å². The highest BCUT2D eigenvalue weighted by molar-refractivity contribution is 6.21. The lowest BCUT2D eigenvalue weighted by atomic mass is 10.1. The average Bonchev–Trinajstić information content (AvgIpc) is 2.88. The molecule has 0 unspecified atom stereocenters. The lowest BCUT2D eigenvalue weighted by molar-refractivity contribution is 0.0534. The van der Waals surface area contributed by atoms with E-state index in [0.29, 0.717) is 17.8 Å². The third-order valence-corrected chi connectivity index (χ3v) is 4.43. The van der Waals surface area contributed by atoms with E-state index in [4.69, 9.17) is 0 Å². The quantitative estimate of drug-likeness (QED) is 0.780. The molecule has 1 saturated heterocycles. The van der Waals surface area contributed by atoms with Gasteiger partial charge in [0.05, 0.1) is 17.8 Å². The zero-order chi connectivity index (χ0) is 16.5. The molecule has 3 heterocycles. The van der Waals surface area contributed by atoms with Crippen LogP contribution in [-0.2, 0) is 0 Å². The Morgan fingerprint density at radius 3 is 2.00 bits per heavy atom. The fraction of sp³-hybridized carbons (Fsp3) is 0.294. The summed E-state index contributed by atoms with van der Waals surface area (Å²) < 4.78 is 0. The lowest BCUT2D eigenvalue weighted by Crippen LogP contribution is -2.51. The Morgan fingerprint density at radius 1 is 0.833 bits per heavy atom. The second-order valence-corrected chi connectivity index (χ2v) is 5.88. The summed E-state index contributed by atoms with van der Waals surface area (Å²) in [6.07, 6.45) is 3.46. The Labute approximate surface area is 139 Å². The van der Waals surface area contributed by atoms with Gasteiger partial charge in [0, 0.05) is 38.6 Å². The molecule has 0 spiro atoms. The minimum absolute atomic E-state index is 0.204. The van der Waals surface area contributed by atoms with Gasteiger partial charge in [0.1, 0.15) is 0 Å². The van der Waals surface area contributed by atoms with Crippen molar-refractivity contribution < 1.29 is 9.59 Å². The van der Waals surface area contributed by atoms with Gasteiger partial charge in [0.15, 0.2) is 0 Å². The maximum atomic E-state index is 12.4. The highest BCUT2D eigenvalue weighted by Gasteiger charge is 2.36. The van der Waals surface area contributed by atoms with Crippen molar-refractivity contribution in [3.63, 3.8) is 0 Å². The summed E-state index contributed by atoms with van der Waals surface area (Å²) in [4.78, 5) is 38.9. The normalized spacial score (nSPS) is 18.2. The maximum Gasteiger partial charge on any atom is 0.262 e. The first kappa shape index (κ1) is 14.8. The second-order valence-electron chi connectivity index (χ2n) is 5.88. The average molecular weight is 323 g/mol. The largest absolute Gasteiger partial charge is 0.338 e. The van der Waals surface area contributed by atoms with Crippen LogP contribution in [0.15, 0.2) is 42.7 Å². The molecule has 0 saturated carbocycles. The molecule has 122 valence electrons. The predicted molar refractivity (Wildman–Crippen MR) is 87.6 cm³/mol. The first-order valence-electron chi connectivity index (χ1n) is 7.93. The monoisotopic (exact) mass is 323 g/mol. The van der Waals surface area contributed by atoms with E-state index in [1.165, 1.54) is 4.90 Å². The van der Waals surface area contributed by atoms with Crippen LogP contribution in [0.25, 0.3) is 0 Å². The van der Waals surface area contributed by atoms with Crippen LogP contribution < -0.4 is 4.90 Å². The fourth-order valence-electron chi connectivity index (χ4n) is 3.11. The number of nitrogens with zero attached hydrogens (tertiary/aromatic N) is 5. The van der Waals surface area contributed by atoms with Gasteiger partial charge in [0.2, 0.25) is 5.95 Å². The van der Waals surface area contributed by atoms with Gasteiger partial charge in [-0.15, -0.1) is 0 Å². The zero-order valence-corrected chi connectivity index (χ0v) is 13.1. The summed E-state index contributed by atoms with van der Waals surface area (Å²) >= 11 is 0. The van der Waals surface area contributed by atoms with E-state index in [0.717, 1.165) is 32.1 Å². The third kappa shape index (κ3) is 2.52. The molecule has 7 nitrogen and oxygen atoms in total. The topological polar surface area (TPSA) is 69.6 Å². The molecule has 1 fully saturated rings. The summed E-state index contributed by atoms with van der Waals surface area (Å²) in [5.41, 5.74) is 0.998. The van der Waals surface area contributed by atoms with Crippen LogP contribution in [0.2, 0.25) is 0 Å². The molecule has 0 radical (unpaired) electrons. The number of amides is 2. The lowest BCUT2D eigenvalue weighted by Gasteiger charge is -2.36. The standard InChI is InChI=1S/C17H17N5O2/c23-15-13-4-1-2-5-14(13)16(24)22(15)12-20-8-10-21(11-9-20)17-18-6-3-7-19-17/h1-7H,8-12H2. The Morgan fingerprint density at radius 2 is 1.42 bits per heavy atom. The molecule has 0 N–H and O–H groups in total. The van der Waals surface area contributed by atoms with E-state index >= 15 is 0 Å². The minimum Gasteiger partial charge on any atom is -0.338 e. The number of imide groups is 1. The van der Waals surface area contributed by atoms with Gasteiger partial charge in [0.25, 0.3) is 11.8 Å². The number of carbonyl (C=O) groups excluding carboxylic acids is 2. The van der Waals surface area contributed by atoms with Crippen LogP contribution in [0.3, 0.4) is 0 Å². The van der Waals surface area contributed by atoms with E-state index in [2.05, 4.69) is 19.8 Å². The maximum absolute atomic E-state index is 12.4. The number of aromatic nitrogens is 2. The van der Waals surface area contributed by atoms with Crippen molar-refractivity contribution in [2.75, 3.05) is 37.7 Å². The molecular weight excluding hydrogens is 306 g/mol. The number of benzene rings is 1. The minimum atomic E-state index is -0.204. The van der Waals surface area contributed by atoms with Crippen LogP contribution >= 0.6 is 0 Å². The van der Waals surface area contributed by atoms with E-state index in [9.17, 15) is 9.59 Å². The highest BCUT2D eigenvalue weighted by atomic mass is 16.2. The molecule has 0 atom stereocenters. The molecule has 0 bridgehead atoms. The Balaban J connectivity index is 1.40. The number of fused-ring (bicyclic) bond motifs is 1. The van der Waals surface area contributed by atoms with Crippen LogP contribution in [0.1, 0.15) is 20.7 Å². The van der Waals surface area contributed by atoms with Gasteiger partial charge < -0.3 is 4.90 Å². The van der Waals surface area contributed by atoms with Crippen LogP contribution in [0.4, 0.5) is 5.95 Å². The molecule has 2 aromatic rings. The van der Waals surface area contributed by atoms with Gasteiger partial charge in [-0.2, -0.15) is 0 Å². The van der Waals surface area contributed by atoms with Crippen LogP contribution in [-0.4, -0.2) is 64.4 Å². The van der Waals surface area contributed by atoms with E-state index < -0.39 is 0 Å². The SMILES string of the molecule is O=C1c2ccccc2C(=O)N1CN1CCN(c2ncccn2)CC1. The molecule has 2 amide bonds. The smallest absolute Gasteiger partial charge is 0.262 e. The van der Waals surface area contributed by atoms with E-state index in [1.54, 1.807) is 42.7 Å². The summed E-state index contributed by atoms with van der Waals surface area (Å²) in [6.45, 7) is 3.38. The molecule has 0 aliphatic carbocycles. The van der Waals surface area contributed by atoms with Crippen molar-refractivity contribution in [3.05, 3.63) is 53.9 Å². The van der Waals surface area contributed by atoms with Gasteiger partial charge in [-0.3, -0.25) is 19.4 Å². The first-order chi connectivity index (χ1) is 11.7. The molecule has 1 aromatic heterocycles. The van der Waals surface area contributed by atoms with Gasteiger partial charge in [-0.05, 0) is 18.2 Å². The summed E-state index contributed by atoms with van der Waals surface area (Å²) in [5, 5.41) is 0. The summed E-state index contributed by atoms with van der Waals surface area (Å²) in [5.74, 6) is 0.312. The van der Waals surface area contributed by atoms with E-state index in [-0.39, 0.29) is 11.8 Å². The number of hydrogen-bond donors (Lipinski definition) is 0. The second kappa shape index (κ2) is 6.01. The Hall–Kier alpha value is -2.80. The zero-order valence-electron chi connectivity index (χ0n) is 13.1. The van der Waals surface area contributed by atoms with Crippen LogP contribution in [0.5, 0.6) is 0 Å². The number of anilines is 1. The Kier molecular flexibility index (Phi) is 3.70. The molecule has 1 aromatic carbocycles. The van der Waals surface area contributed by atoms with Crippen molar-refractivity contribution in [3.8, 4) is 0 Å². The summed E-state index contributed by atoms with van der Waals surface area (Å²) in [6, 6.07) is 8.78. The van der Waals surface area contributed by atoms with Crippen molar-refractivity contribution in [1.29, 1.82) is 0 Å². The molecule has 2 aliphatic rings. The number of carbonyl (C=O) groups is 2. The van der Waals surface area contributed by atoms with Crippen molar-refractivity contribution in [1.82, 2.24) is 19.8 Å². The van der Waals surface area contributed by atoms with Gasteiger partial charge in [-0.1, -0.05) is 12.1 Å². The summed E-state index contributed by atoms with van der Waals surface area (Å²) in [7, 11) is 0. The fourth-order valence-corrected chi connectivity index (χ4v) is 3.11. The molecular formula is C17H17N5O2. The number of hydrogen-bond acceptors (Lipinski definition) is 6. The Bertz CT molecular complexity index is 737. The molecule has 2 aliphatic heterocycles. The van der Waals surface area contributed by atoms with Crippen LogP contribution in [0, 0.1) is 0 Å². The first-order valence-corrected chi connectivity index (χ1v) is 7.93. The molecule has 4 rings (SSSR count). The van der Waals surface area contributed by atoms with Gasteiger partial charge in [-0.25, -0.2) is 9.97 Å². The molecule has 7 heteroatoms. The number of rotatable bonds is 3. The predicted octanol–water partition coefficient (Wildman–Crippen LogP) is 0.852. The number of piperazine rings is 1. The van der Waals surface area contributed by atoms with Crippen molar-refractivity contribution in [2.24, 2.45) is 0 Å². The highest BCUT2D eigenvalue weighted by Crippen LogP contribution is 2.23. The van der Waals surface area contributed by atoms with E-state index in [1.807, 2.05) is 0 Å². The van der Waals surface area contributed by atoms with Crippen molar-refractivity contribution in [2.45, 2.75) is 0 Å². The third-order valence-electron chi connectivity index (χ3n) is 4.43. The van der Waals surface area contributed by atoms with Crippen molar-refractivity contribution >= 4 is 17.8 Å². The molecule has 24 heavy (non-hydrogen) atoms.